The molecule has 1 heterocycles. The highest BCUT2D eigenvalue weighted by atomic mass is 35.5. The van der Waals surface area contributed by atoms with Crippen LogP contribution in [0, 0.1) is 11.3 Å². The summed E-state index contributed by atoms with van der Waals surface area (Å²) in [7, 11) is 0. The van der Waals surface area contributed by atoms with Crippen LogP contribution in [0.5, 0.6) is 0 Å². The molecule has 0 bridgehead atoms. The molecule has 1 aromatic heterocycles. The van der Waals surface area contributed by atoms with Crippen molar-refractivity contribution in [3.63, 3.8) is 0 Å². The Labute approximate surface area is 181 Å². The lowest BCUT2D eigenvalue weighted by molar-refractivity contribution is -0.182. The highest BCUT2D eigenvalue weighted by Crippen LogP contribution is 2.70. The summed E-state index contributed by atoms with van der Waals surface area (Å²) in [6.07, 6.45) is -14.4. The van der Waals surface area contributed by atoms with Gasteiger partial charge in [0.15, 0.2) is 11.1 Å². The molecule has 172 valence electrons. The minimum absolute atomic E-state index is 0.175. The second kappa shape index (κ2) is 7.11. The van der Waals surface area contributed by atoms with E-state index in [0.717, 1.165) is 0 Å². The third-order valence-electron chi connectivity index (χ3n) is 4.67. The third kappa shape index (κ3) is 3.49. The number of hydrogen-bond acceptors (Lipinski definition) is 3. The molecular formula is C16H6Cl2F8N4O2. The molecule has 1 unspecified atom stereocenters. The van der Waals surface area contributed by atoms with Crippen LogP contribution in [0.2, 0.25) is 10.0 Å². The minimum Gasteiger partial charge on any atom is -0.465 e. The molecule has 0 saturated heterocycles. The zero-order chi connectivity index (χ0) is 24.4. The van der Waals surface area contributed by atoms with Crippen molar-refractivity contribution in [3.05, 3.63) is 39.0 Å². The molecule has 2 aromatic rings. The predicted molar refractivity (Wildman–Crippen MR) is 92.2 cm³/mol. The first kappa shape index (κ1) is 23.9. The maximum Gasteiger partial charge on any atom is 0.416 e. The van der Waals surface area contributed by atoms with Gasteiger partial charge in [0, 0.05) is 6.42 Å². The molecule has 1 fully saturated rings. The highest BCUT2D eigenvalue weighted by Gasteiger charge is 2.86. The lowest BCUT2D eigenvalue weighted by atomic mass is 9.93. The van der Waals surface area contributed by atoms with Crippen molar-refractivity contribution in [1.82, 2.24) is 9.78 Å². The van der Waals surface area contributed by atoms with Crippen LogP contribution in [0.1, 0.15) is 23.2 Å². The van der Waals surface area contributed by atoms with Gasteiger partial charge in [0.25, 0.3) is 5.92 Å². The number of amides is 1. The van der Waals surface area contributed by atoms with E-state index < -0.39 is 74.6 Å². The number of benzene rings is 1. The molecule has 1 aliphatic rings. The number of carboxylic acid groups (broad SMARTS) is 1. The van der Waals surface area contributed by atoms with E-state index in [-0.39, 0.29) is 4.68 Å². The predicted octanol–water partition coefficient (Wildman–Crippen LogP) is 6.00. The monoisotopic (exact) mass is 508 g/mol. The van der Waals surface area contributed by atoms with E-state index in [0.29, 0.717) is 12.1 Å². The fourth-order valence-electron chi connectivity index (χ4n) is 3.22. The molecule has 1 saturated carbocycles. The lowest BCUT2D eigenvalue weighted by Crippen LogP contribution is -2.36. The topological polar surface area (TPSA) is 90.9 Å². The largest absolute Gasteiger partial charge is 0.465 e. The molecule has 0 spiro atoms. The van der Waals surface area contributed by atoms with Crippen LogP contribution in [0.25, 0.3) is 5.69 Å². The van der Waals surface area contributed by atoms with E-state index in [1.54, 1.807) is 0 Å². The van der Waals surface area contributed by atoms with Crippen molar-refractivity contribution in [2.75, 3.05) is 5.32 Å². The molecule has 0 radical (unpaired) electrons. The minimum atomic E-state index is -5.65. The Balaban J connectivity index is 2.39. The Bertz CT molecular complexity index is 1150. The summed E-state index contributed by atoms with van der Waals surface area (Å²) in [4.78, 5) is 11.2. The van der Waals surface area contributed by atoms with Gasteiger partial charge in [-0.1, -0.05) is 23.2 Å². The van der Waals surface area contributed by atoms with Gasteiger partial charge >= 0.3 is 18.4 Å². The van der Waals surface area contributed by atoms with Crippen molar-refractivity contribution in [3.8, 4) is 11.8 Å². The van der Waals surface area contributed by atoms with Gasteiger partial charge in [0.05, 0.1) is 21.2 Å². The zero-order valence-corrected chi connectivity index (χ0v) is 16.4. The first-order valence-electron chi connectivity index (χ1n) is 8.02. The van der Waals surface area contributed by atoms with E-state index in [2.05, 4.69) is 5.10 Å². The van der Waals surface area contributed by atoms with Gasteiger partial charge < -0.3 is 5.11 Å². The van der Waals surface area contributed by atoms with Crippen molar-refractivity contribution >= 4 is 35.1 Å². The Hall–Kier alpha value is -2.79. The number of anilines is 1. The summed E-state index contributed by atoms with van der Waals surface area (Å²) < 4.78 is 108. The summed E-state index contributed by atoms with van der Waals surface area (Å²) in [5.74, 6) is -5.69. The normalized spacial score (nSPS) is 20.0. The van der Waals surface area contributed by atoms with E-state index in [9.17, 15) is 45.2 Å². The van der Waals surface area contributed by atoms with Crippen molar-refractivity contribution in [2.45, 2.75) is 30.1 Å². The molecule has 16 heteroatoms. The SMILES string of the molecule is N#Cc1nn(-c2c(Cl)cc(C(F)(F)F)cc2Cl)c(NC(=O)O)c1C1(C(F)(F)F)CC1(F)F. The molecule has 2 N–H and O–H groups in total. The van der Waals surface area contributed by atoms with Crippen molar-refractivity contribution < 1.29 is 45.0 Å². The highest BCUT2D eigenvalue weighted by molar-refractivity contribution is 6.38. The van der Waals surface area contributed by atoms with E-state index >= 15 is 0 Å². The fourth-order valence-corrected chi connectivity index (χ4v) is 3.87. The van der Waals surface area contributed by atoms with E-state index in [4.69, 9.17) is 28.3 Å². The van der Waals surface area contributed by atoms with Gasteiger partial charge in [-0.25, -0.2) is 18.3 Å². The Kier molecular flexibility index (Phi) is 5.30. The number of alkyl halides is 8. The third-order valence-corrected chi connectivity index (χ3v) is 5.25. The van der Waals surface area contributed by atoms with Gasteiger partial charge in [-0.05, 0) is 12.1 Å². The number of hydrogen-bond donors (Lipinski definition) is 2. The first-order valence-corrected chi connectivity index (χ1v) is 8.78. The number of rotatable bonds is 3. The summed E-state index contributed by atoms with van der Waals surface area (Å²) >= 11 is 11.6. The molecule has 1 atom stereocenters. The van der Waals surface area contributed by atoms with Gasteiger partial charge in [-0.15, -0.1) is 0 Å². The van der Waals surface area contributed by atoms with Crippen LogP contribution in [0.4, 0.5) is 45.7 Å². The van der Waals surface area contributed by atoms with Gasteiger partial charge in [-0.3, -0.25) is 5.32 Å². The first-order chi connectivity index (χ1) is 14.5. The fraction of sp³-hybridized carbons (Fsp3) is 0.312. The van der Waals surface area contributed by atoms with E-state index in [1.165, 1.54) is 11.4 Å². The Morgan fingerprint density at radius 1 is 1.19 bits per heavy atom. The van der Waals surface area contributed by atoms with Crippen LogP contribution in [-0.4, -0.2) is 33.1 Å². The quantitative estimate of drug-likeness (QED) is 0.497. The van der Waals surface area contributed by atoms with E-state index in [1.807, 2.05) is 0 Å². The van der Waals surface area contributed by atoms with Crippen LogP contribution < -0.4 is 5.32 Å². The molecule has 0 aliphatic heterocycles. The Morgan fingerprint density at radius 2 is 1.69 bits per heavy atom. The van der Waals surface area contributed by atoms with Crippen LogP contribution in [0.3, 0.4) is 0 Å². The molecule has 32 heavy (non-hydrogen) atoms. The van der Waals surface area contributed by atoms with Crippen molar-refractivity contribution in [1.29, 1.82) is 5.26 Å². The van der Waals surface area contributed by atoms with Gasteiger partial charge in [-0.2, -0.15) is 36.7 Å². The average molecular weight is 509 g/mol. The maximum absolute atomic E-state index is 14.0. The average Bonchev–Trinajstić information content (AvgIpc) is 3.04. The van der Waals surface area contributed by atoms with Gasteiger partial charge in [0.1, 0.15) is 17.6 Å². The molecule has 1 aromatic carbocycles. The number of carbonyl (C=O) groups is 1. The smallest absolute Gasteiger partial charge is 0.416 e. The van der Waals surface area contributed by atoms with Gasteiger partial charge in [0.2, 0.25) is 0 Å². The molecule has 3 rings (SSSR count). The molecule has 1 aliphatic carbocycles. The van der Waals surface area contributed by atoms with Crippen LogP contribution in [-0.2, 0) is 11.6 Å². The van der Waals surface area contributed by atoms with Crippen molar-refractivity contribution in [2.24, 2.45) is 0 Å². The Morgan fingerprint density at radius 3 is 2.03 bits per heavy atom. The summed E-state index contributed by atoms with van der Waals surface area (Å²) in [6.45, 7) is 0. The summed E-state index contributed by atoms with van der Waals surface area (Å²) in [5.41, 5.74) is -8.86. The molecule has 6 nitrogen and oxygen atoms in total. The number of nitriles is 1. The van der Waals surface area contributed by atoms with Crippen LogP contribution >= 0.6 is 23.2 Å². The maximum atomic E-state index is 14.0. The summed E-state index contributed by atoms with van der Waals surface area (Å²) in [6, 6.07) is 1.79. The number of nitrogens with zero attached hydrogens (tertiary/aromatic N) is 3. The van der Waals surface area contributed by atoms with Crippen LogP contribution in [0.15, 0.2) is 12.1 Å². The molecule has 1 amide bonds. The second-order valence-electron chi connectivity index (χ2n) is 6.60. The standard InChI is InChI=1S/C16H6Cl2F8N4O2/c17-6-1-5(15(21,22)23)2-7(18)10(6)30-11(28-12(31)32)9(8(3-27)29-30)13(16(24,25)26)4-14(13,19)20/h1-2,28H,4H2,(H,31,32). The second-order valence-corrected chi connectivity index (χ2v) is 7.41. The zero-order valence-electron chi connectivity index (χ0n) is 14.8. The number of nitrogens with one attached hydrogen (secondary N) is 1. The lowest BCUT2D eigenvalue weighted by Gasteiger charge is -2.21. The number of halogens is 10. The molecular weight excluding hydrogens is 503 g/mol. The summed E-state index contributed by atoms with van der Waals surface area (Å²) in [5, 5.41) is 21.4. The number of aromatic nitrogens is 2.